The van der Waals surface area contributed by atoms with E-state index in [2.05, 4.69) is 0 Å². The Balaban J connectivity index is 4.57. The fourth-order valence-electron chi connectivity index (χ4n) is 0.116. The van der Waals surface area contributed by atoms with Crippen LogP contribution in [0.25, 0.3) is 0 Å². The number of hydrogen-bond acceptors (Lipinski definition) is 4. The SMILES string of the molecule is CC(Cl)([N+](=O)[O-])C(O)(O)Cl. The van der Waals surface area contributed by atoms with Crippen molar-refractivity contribution in [2.24, 2.45) is 0 Å². The van der Waals surface area contributed by atoms with E-state index >= 15 is 0 Å². The molecule has 0 aromatic carbocycles. The van der Waals surface area contributed by atoms with Crippen LogP contribution < -0.4 is 0 Å². The zero-order chi connectivity index (χ0) is 8.58. The molecule has 0 saturated carbocycles. The van der Waals surface area contributed by atoms with Crippen LogP contribution in [-0.4, -0.2) is 25.4 Å². The van der Waals surface area contributed by atoms with E-state index in [1.165, 1.54) is 0 Å². The third kappa shape index (κ3) is 1.69. The monoisotopic (exact) mass is 189 g/mol. The van der Waals surface area contributed by atoms with E-state index in [1.54, 1.807) is 0 Å². The number of halogens is 2. The molecule has 1 unspecified atom stereocenters. The molecule has 1 atom stereocenters. The van der Waals surface area contributed by atoms with Crippen molar-refractivity contribution in [3.05, 3.63) is 10.1 Å². The topological polar surface area (TPSA) is 83.6 Å². The number of hydrogen-bond donors (Lipinski definition) is 2. The number of rotatable bonds is 2. The maximum Gasteiger partial charge on any atom is 0.360 e. The minimum atomic E-state index is -3.04. The summed E-state index contributed by atoms with van der Waals surface area (Å²) in [6.45, 7) is 0.779. The zero-order valence-corrected chi connectivity index (χ0v) is 6.43. The van der Waals surface area contributed by atoms with Crippen LogP contribution in [0.5, 0.6) is 0 Å². The molecular formula is C3H5Cl2NO4. The number of nitro groups is 1. The minimum Gasteiger partial charge on any atom is -0.347 e. The molecule has 0 aliphatic carbocycles. The van der Waals surface area contributed by atoms with E-state index in [4.69, 9.17) is 33.4 Å². The summed E-state index contributed by atoms with van der Waals surface area (Å²) in [5.74, 6) is 0. The summed E-state index contributed by atoms with van der Waals surface area (Å²) in [6, 6.07) is 0. The van der Waals surface area contributed by atoms with Crippen LogP contribution >= 0.6 is 23.2 Å². The van der Waals surface area contributed by atoms with Crippen molar-refractivity contribution in [3.63, 3.8) is 0 Å². The Morgan fingerprint density at radius 1 is 1.50 bits per heavy atom. The average molecular weight is 190 g/mol. The van der Waals surface area contributed by atoms with Gasteiger partial charge in [0.2, 0.25) is 0 Å². The smallest absolute Gasteiger partial charge is 0.347 e. The summed E-state index contributed by atoms with van der Waals surface area (Å²) in [7, 11) is 0. The molecule has 0 aliphatic rings. The van der Waals surface area contributed by atoms with Gasteiger partial charge in [-0.05, 0) is 23.2 Å². The average Bonchev–Trinajstić information content (AvgIpc) is 1.62. The maximum absolute atomic E-state index is 9.94. The van der Waals surface area contributed by atoms with E-state index < -0.39 is 15.2 Å². The van der Waals surface area contributed by atoms with Crippen LogP contribution in [0.3, 0.4) is 0 Å². The molecular weight excluding hydrogens is 185 g/mol. The fourth-order valence-corrected chi connectivity index (χ4v) is 0.185. The van der Waals surface area contributed by atoms with Gasteiger partial charge in [0, 0.05) is 11.8 Å². The van der Waals surface area contributed by atoms with Gasteiger partial charge in [-0.1, -0.05) is 0 Å². The van der Waals surface area contributed by atoms with Crippen LogP contribution in [0.1, 0.15) is 6.92 Å². The van der Waals surface area contributed by atoms with Gasteiger partial charge in [0.1, 0.15) is 0 Å². The summed E-state index contributed by atoms with van der Waals surface area (Å²) in [5, 5.41) is 23.8. The summed E-state index contributed by atoms with van der Waals surface area (Å²) in [6.07, 6.45) is 0. The van der Waals surface area contributed by atoms with E-state index in [0.717, 1.165) is 6.92 Å². The minimum absolute atomic E-state index is 0.779. The lowest BCUT2D eigenvalue weighted by atomic mass is 10.3. The summed E-state index contributed by atoms with van der Waals surface area (Å²) < 4.78 is 0. The number of alkyl halides is 2. The highest BCUT2D eigenvalue weighted by molar-refractivity contribution is 6.31. The molecule has 0 rings (SSSR count). The lowest BCUT2D eigenvalue weighted by molar-refractivity contribution is -0.568. The van der Waals surface area contributed by atoms with Crippen LogP contribution in [0.15, 0.2) is 0 Å². The lowest BCUT2D eigenvalue weighted by Crippen LogP contribution is -2.49. The molecule has 0 aliphatic heterocycles. The molecule has 0 radical (unpaired) electrons. The first kappa shape index (κ1) is 9.90. The van der Waals surface area contributed by atoms with Crippen molar-refractivity contribution in [2.45, 2.75) is 17.2 Å². The van der Waals surface area contributed by atoms with Crippen LogP contribution in [0, 0.1) is 10.1 Å². The van der Waals surface area contributed by atoms with E-state index in [9.17, 15) is 10.1 Å². The molecule has 0 aromatic heterocycles. The highest BCUT2D eigenvalue weighted by atomic mass is 35.5. The standard InChI is InChI=1S/C3H5Cl2NO4/c1-2(4,6(9)10)3(5,7)8/h7-8H,1H3. The second kappa shape index (κ2) is 2.50. The molecule has 7 heteroatoms. The Hall–Kier alpha value is -0.100. The molecule has 5 nitrogen and oxygen atoms in total. The Labute approximate surface area is 66.3 Å². The molecule has 0 bridgehead atoms. The van der Waals surface area contributed by atoms with Crippen molar-refractivity contribution in [1.29, 1.82) is 0 Å². The van der Waals surface area contributed by atoms with Gasteiger partial charge < -0.3 is 10.2 Å². The Kier molecular flexibility index (Phi) is 2.48. The molecule has 0 aromatic rings. The highest BCUT2D eigenvalue weighted by Gasteiger charge is 2.55. The van der Waals surface area contributed by atoms with Gasteiger partial charge in [-0.15, -0.1) is 0 Å². The van der Waals surface area contributed by atoms with Crippen molar-refractivity contribution in [3.8, 4) is 0 Å². The first-order valence-electron chi connectivity index (χ1n) is 2.16. The molecule has 0 fully saturated rings. The Morgan fingerprint density at radius 2 is 1.80 bits per heavy atom. The zero-order valence-electron chi connectivity index (χ0n) is 4.91. The van der Waals surface area contributed by atoms with Gasteiger partial charge in [-0.2, -0.15) is 0 Å². The van der Waals surface area contributed by atoms with E-state index in [1.807, 2.05) is 0 Å². The van der Waals surface area contributed by atoms with Gasteiger partial charge in [0.05, 0.1) is 0 Å². The third-order valence-corrected chi connectivity index (χ3v) is 1.79. The Morgan fingerprint density at radius 3 is 1.80 bits per heavy atom. The van der Waals surface area contributed by atoms with Gasteiger partial charge in [-0.25, -0.2) is 0 Å². The van der Waals surface area contributed by atoms with Crippen molar-refractivity contribution in [1.82, 2.24) is 0 Å². The first-order chi connectivity index (χ1) is 4.19. The third-order valence-electron chi connectivity index (χ3n) is 0.923. The first-order valence-corrected chi connectivity index (χ1v) is 2.92. The molecule has 10 heavy (non-hydrogen) atoms. The lowest BCUT2D eigenvalue weighted by Gasteiger charge is -2.21. The number of aliphatic hydroxyl groups is 2. The molecule has 0 heterocycles. The van der Waals surface area contributed by atoms with Crippen LogP contribution in [-0.2, 0) is 0 Å². The second-order valence-electron chi connectivity index (χ2n) is 1.80. The van der Waals surface area contributed by atoms with Gasteiger partial charge in [0.25, 0.3) is 0 Å². The molecule has 0 saturated heterocycles. The van der Waals surface area contributed by atoms with Crippen molar-refractivity contribution < 1.29 is 15.1 Å². The second-order valence-corrected chi connectivity index (χ2v) is 3.06. The van der Waals surface area contributed by atoms with Crippen LogP contribution in [0.2, 0.25) is 0 Å². The summed E-state index contributed by atoms with van der Waals surface area (Å²) in [5.41, 5.74) is 0. The molecule has 0 amide bonds. The fraction of sp³-hybridized carbons (Fsp3) is 1.00. The van der Waals surface area contributed by atoms with Gasteiger partial charge in [-0.3, -0.25) is 10.1 Å². The maximum atomic E-state index is 9.94. The van der Waals surface area contributed by atoms with E-state index in [-0.39, 0.29) is 0 Å². The number of nitrogens with zero attached hydrogens (tertiary/aromatic N) is 1. The quantitative estimate of drug-likeness (QED) is 0.212. The largest absolute Gasteiger partial charge is 0.360 e. The summed E-state index contributed by atoms with van der Waals surface area (Å²) >= 11 is 9.77. The predicted octanol–water partition coefficient (Wildman–Crippen LogP) is 0.0953. The molecule has 60 valence electrons. The normalized spacial score (nSPS) is 18.1. The Bertz CT molecular complexity index is 151. The molecule has 2 N–H and O–H groups in total. The van der Waals surface area contributed by atoms with Gasteiger partial charge in [0.15, 0.2) is 0 Å². The van der Waals surface area contributed by atoms with Crippen LogP contribution in [0.4, 0.5) is 0 Å². The van der Waals surface area contributed by atoms with Crippen molar-refractivity contribution in [2.75, 3.05) is 0 Å². The predicted molar refractivity (Wildman–Crippen MR) is 34.3 cm³/mol. The van der Waals surface area contributed by atoms with Crippen molar-refractivity contribution >= 4 is 23.2 Å². The van der Waals surface area contributed by atoms with Gasteiger partial charge >= 0.3 is 10.2 Å². The molecule has 0 spiro atoms. The highest BCUT2D eigenvalue weighted by Crippen LogP contribution is 2.30. The van der Waals surface area contributed by atoms with E-state index in [0.29, 0.717) is 0 Å². The summed E-state index contributed by atoms with van der Waals surface area (Å²) in [4.78, 5) is 6.35.